The maximum Gasteiger partial charge on any atom is 4.00 e. The number of phenolic OH excluding ortho intramolecular Hbond substituents is 6. The molecule has 0 heterocycles. The number of carbonyl (C=O) groups is 3. The van der Waals surface area contributed by atoms with Gasteiger partial charge < -0.3 is 68.2 Å². The first-order valence-electron chi connectivity index (χ1n) is 10.2. The minimum absolute atomic E-state index is 0. The van der Waals surface area contributed by atoms with Gasteiger partial charge in [0.1, 0.15) is 34.5 Å². The molecule has 0 spiro atoms. The molecule has 9 N–H and O–H groups in total. The molecule has 3 aromatic rings. The van der Waals surface area contributed by atoms with Gasteiger partial charge in [0.05, 0.1) is 16.7 Å². The molecule has 0 radical (unpaired) electrons. The van der Waals surface area contributed by atoms with Gasteiger partial charge in [-0.3, -0.25) is 0 Å². The Bertz CT molecular complexity index is 1110. The summed E-state index contributed by atoms with van der Waals surface area (Å²) in [6, 6.07) is 4.69. The molecule has 0 unspecified atom stereocenters. The fourth-order valence-corrected chi connectivity index (χ4v) is 2.17. The third-order valence-corrected chi connectivity index (χ3v) is 3.89. The standard InChI is InChI=1S/3C7H6O5.C3H7.Fe/c3*8-4-1-3(7(11)12)2-5(9)6(4)10;1-3-2;/h3*1-2,8-10H,(H,11,12);1,3H2,2H3;/q;;;-1;+4/p-3. The maximum atomic E-state index is 10.7. The Balaban J connectivity index is 0. The summed E-state index contributed by atoms with van der Waals surface area (Å²) in [6.07, 6.45) is 1.00. The van der Waals surface area contributed by atoms with Crippen molar-refractivity contribution in [2.45, 2.75) is 13.3 Å². The molecule has 0 fully saturated rings. The Morgan fingerprint density at radius 2 is 0.675 bits per heavy atom. The molecule has 0 saturated carbocycles. The van der Waals surface area contributed by atoms with Gasteiger partial charge in [-0.2, -0.15) is 6.42 Å². The summed E-state index contributed by atoms with van der Waals surface area (Å²) >= 11 is 0. The quantitative estimate of drug-likeness (QED) is 0.147. The van der Waals surface area contributed by atoms with Gasteiger partial charge >= 0.3 is 35.0 Å². The van der Waals surface area contributed by atoms with Gasteiger partial charge in [0, 0.05) is 0 Å². The van der Waals surface area contributed by atoms with Gasteiger partial charge in [0.2, 0.25) is 0 Å². The number of aromatic carboxylic acids is 3. The predicted octanol–water partition coefficient (Wildman–Crippen LogP) is 0.837. The van der Waals surface area contributed by atoms with Crippen molar-refractivity contribution in [3.05, 3.63) is 60.0 Å². The van der Waals surface area contributed by atoms with Crippen molar-refractivity contribution in [2.75, 3.05) is 0 Å². The zero-order valence-electron chi connectivity index (χ0n) is 20.2. The van der Waals surface area contributed by atoms with Gasteiger partial charge in [0.15, 0.2) is 0 Å². The maximum absolute atomic E-state index is 10.7. The van der Waals surface area contributed by atoms with Crippen LogP contribution in [-0.2, 0) is 17.1 Å². The Morgan fingerprint density at radius 3 is 0.775 bits per heavy atom. The number of hydrogen-bond acceptors (Lipinski definition) is 12. The van der Waals surface area contributed by atoms with Gasteiger partial charge in [-0.15, -0.1) is 0 Å². The molecule has 0 aromatic heterocycles. The van der Waals surface area contributed by atoms with Crippen molar-refractivity contribution in [1.82, 2.24) is 0 Å². The second-order valence-electron chi connectivity index (χ2n) is 6.95. The fourth-order valence-electron chi connectivity index (χ4n) is 2.17. The molecule has 0 atom stereocenters. The van der Waals surface area contributed by atoms with Crippen LogP contribution in [0.5, 0.6) is 51.7 Å². The van der Waals surface area contributed by atoms with E-state index in [9.17, 15) is 29.7 Å². The molecule has 3 rings (SSSR count). The molecule has 3 aromatic carbocycles. The largest absolute Gasteiger partial charge is 4.00 e. The smallest absolute Gasteiger partial charge is 0.867 e. The average Bonchev–Trinajstić information content (AvgIpc) is 2.84. The van der Waals surface area contributed by atoms with Crippen LogP contribution in [0.25, 0.3) is 0 Å². The summed E-state index contributed by atoms with van der Waals surface area (Å²) < 4.78 is 0. The molecule has 216 valence electrons. The monoisotopic (exact) mass is 606 g/mol. The third kappa shape index (κ3) is 11.0. The molecule has 0 aliphatic rings. The number of benzene rings is 3. The summed E-state index contributed by atoms with van der Waals surface area (Å²) in [6.45, 7) is 5.50. The number of rotatable bonds is 3. The first-order valence-corrected chi connectivity index (χ1v) is 10.2. The minimum Gasteiger partial charge on any atom is -0.867 e. The van der Waals surface area contributed by atoms with Crippen LogP contribution < -0.4 is 15.3 Å². The molecule has 0 aliphatic carbocycles. The van der Waals surface area contributed by atoms with Crippen LogP contribution in [0.3, 0.4) is 0 Å². The molecular weight excluding hydrogens is 584 g/mol. The van der Waals surface area contributed by atoms with Crippen LogP contribution >= 0.6 is 0 Å². The number of phenols is 6. The van der Waals surface area contributed by atoms with Crippen molar-refractivity contribution < 1.29 is 92.7 Å². The summed E-state index contributed by atoms with van der Waals surface area (Å²) in [5.41, 5.74) is -0.987. The Kier molecular flexibility index (Phi) is 15.3. The number of aromatic hydroxyl groups is 6. The third-order valence-electron chi connectivity index (χ3n) is 3.89. The van der Waals surface area contributed by atoms with E-state index in [-0.39, 0.29) is 33.8 Å². The van der Waals surface area contributed by atoms with Crippen molar-refractivity contribution in [1.29, 1.82) is 0 Å². The van der Waals surface area contributed by atoms with Crippen molar-refractivity contribution in [2.24, 2.45) is 0 Å². The van der Waals surface area contributed by atoms with Crippen LogP contribution in [0.4, 0.5) is 0 Å². The Labute approximate surface area is 235 Å². The minimum atomic E-state index is -1.32. The summed E-state index contributed by atoms with van der Waals surface area (Å²) in [7, 11) is 0. The topological polar surface area (TPSA) is 302 Å². The van der Waals surface area contributed by atoms with Crippen molar-refractivity contribution in [3.8, 4) is 51.7 Å². The predicted molar refractivity (Wildman–Crippen MR) is 124 cm³/mol. The molecule has 0 amide bonds. The van der Waals surface area contributed by atoms with Crippen molar-refractivity contribution >= 4 is 17.9 Å². The van der Waals surface area contributed by atoms with E-state index in [2.05, 4.69) is 6.92 Å². The molecule has 15 nitrogen and oxygen atoms in total. The fraction of sp³-hybridized carbons (Fsp3) is 0.0833. The molecule has 0 saturated heterocycles. The van der Waals surface area contributed by atoms with Crippen molar-refractivity contribution in [3.63, 3.8) is 0 Å². The second-order valence-corrected chi connectivity index (χ2v) is 6.95. The van der Waals surface area contributed by atoms with Crippen LogP contribution in [0.15, 0.2) is 36.4 Å². The summed E-state index contributed by atoms with van der Waals surface area (Å²) in [5.74, 6) is -11.5. The Morgan fingerprint density at radius 1 is 0.550 bits per heavy atom. The molecular formula is C24H22FeO15. The van der Waals surface area contributed by atoms with Crippen LogP contribution in [0.2, 0.25) is 0 Å². The number of carboxylic acid groups (broad SMARTS) is 3. The van der Waals surface area contributed by atoms with Gasteiger partial charge in [0.25, 0.3) is 0 Å². The van der Waals surface area contributed by atoms with E-state index in [0.717, 1.165) is 42.8 Å². The first kappa shape index (κ1) is 36.9. The second kappa shape index (κ2) is 16.6. The van der Waals surface area contributed by atoms with E-state index in [1.54, 1.807) is 0 Å². The van der Waals surface area contributed by atoms with Gasteiger partial charge in [-0.1, -0.05) is 6.92 Å². The van der Waals surface area contributed by atoms with Crippen LogP contribution in [-0.4, -0.2) is 63.9 Å². The normalized spacial score (nSPS) is 9.15. The summed E-state index contributed by atoms with van der Waals surface area (Å²) in [5, 5.41) is 110. The average molecular weight is 606 g/mol. The van der Waals surface area contributed by atoms with E-state index >= 15 is 0 Å². The van der Waals surface area contributed by atoms with E-state index in [4.69, 9.17) is 46.0 Å². The van der Waals surface area contributed by atoms with Crippen LogP contribution in [0.1, 0.15) is 44.4 Å². The Hall–Kier alpha value is -5.21. The zero-order valence-corrected chi connectivity index (χ0v) is 21.3. The van der Waals surface area contributed by atoms with E-state index in [0.29, 0.717) is 0 Å². The SMILES string of the molecule is O=C(O)c1cc(O)c([O-])c(O)c1.O=C(O)c1cc(O)c([O-])c(O)c1.O=C(O)c1cc(O)c([O-])c(O)c1.[CH2-]CC.[Fe+4]. The number of carboxylic acids is 3. The van der Waals surface area contributed by atoms with Gasteiger partial charge in [-0.25, -0.2) is 14.4 Å². The van der Waals surface area contributed by atoms with E-state index < -0.39 is 69.7 Å². The molecule has 40 heavy (non-hydrogen) atoms. The number of hydrogen-bond donors (Lipinski definition) is 9. The zero-order chi connectivity index (χ0) is 30.6. The molecule has 0 aliphatic heterocycles. The summed E-state index contributed by atoms with van der Waals surface area (Å²) in [4.78, 5) is 30.9. The van der Waals surface area contributed by atoms with E-state index in [1.807, 2.05) is 6.92 Å². The first-order chi connectivity index (χ1) is 18.0. The van der Waals surface area contributed by atoms with Crippen LogP contribution in [0, 0.1) is 6.92 Å². The van der Waals surface area contributed by atoms with E-state index in [1.165, 1.54) is 0 Å². The molecule has 0 bridgehead atoms. The molecule has 16 heteroatoms. The van der Waals surface area contributed by atoms with Gasteiger partial charge in [-0.05, 0) is 53.6 Å².